The van der Waals surface area contributed by atoms with Gasteiger partial charge in [-0.1, -0.05) is 32.1 Å². The van der Waals surface area contributed by atoms with Gasteiger partial charge in [0.15, 0.2) is 0 Å². The quantitative estimate of drug-likeness (QED) is 0.744. The van der Waals surface area contributed by atoms with E-state index in [1.807, 2.05) is 0 Å². The maximum atomic E-state index is 11.2. The average molecular weight is 307 g/mol. The van der Waals surface area contributed by atoms with Crippen molar-refractivity contribution in [3.8, 4) is 0 Å². The highest BCUT2D eigenvalue weighted by Gasteiger charge is 2.21. The number of aliphatic hydroxyl groups is 1. The molecular weight excluding hydrogens is 282 g/mol. The van der Waals surface area contributed by atoms with E-state index in [4.69, 9.17) is 10.5 Å². The third-order valence-corrected chi connectivity index (χ3v) is 4.23. The monoisotopic (exact) mass is 307 g/mol. The summed E-state index contributed by atoms with van der Waals surface area (Å²) < 4.78 is 5.85. The maximum Gasteiger partial charge on any atom is 0.336 e. The van der Waals surface area contributed by atoms with E-state index in [1.54, 1.807) is 12.1 Å². The second-order valence-electron chi connectivity index (χ2n) is 5.98. The summed E-state index contributed by atoms with van der Waals surface area (Å²) in [6.07, 6.45) is 6.41. The molecule has 1 fully saturated rings. The molecule has 0 spiro atoms. The minimum absolute atomic E-state index is 0.161. The van der Waals surface area contributed by atoms with Crippen LogP contribution in [0.3, 0.4) is 0 Å². The number of carbonyl (C=O) groups is 1. The molecule has 4 N–H and O–H groups in total. The minimum Gasteiger partial charge on any atom is -0.478 e. The summed E-state index contributed by atoms with van der Waals surface area (Å²) in [5, 5.41) is 19.5. The van der Waals surface area contributed by atoms with Crippen molar-refractivity contribution >= 4 is 11.7 Å². The zero-order chi connectivity index (χ0) is 15.9. The summed E-state index contributed by atoms with van der Waals surface area (Å²) in [5.74, 6) is -0.992. The Balaban J connectivity index is 2.03. The summed E-state index contributed by atoms with van der Waals surface area (Å²) in [6, 6.07) is 4.70. The van der Waals surface area contributed by atoms with Crippen LogP contribution < -0.4 is 5.73 Å². The van der Waals surface area contributed by atoms with E-state index >= 15 is 0 Å². The fraction of sp³-hybridized carbons (Fsp3) is 0.588. The van der Waals surface area contributed by atoms with Gasteiger partial charge < -0.3 is 20.7 Å². The van der Waals surface area contributed by atoms with E-state index in [0.717, 1.165) is 38.5 Å². The molecule has 1 saturated carbocycles. The van der Waals surface area contributed by atoms with Crippen LogP contribution >= 0.6 is 0 Å². The van der Waals surface area contributed by atoms with Gasteiger partial charge in [0, 0.05) is 5.69 Å². The Morgan fingerprint density at radius 2 is 1.86 bits per heavy atom. The van der Waals surface area contributed by atoms with Crippen LogP contribution in [-0.2, 0) is 11.3 Å². The number of benzene rings is 1. The van der Waals surface area contributed by atoms with E-state index in [0.29, 0.717) is 11.3 Å². The molecule has 1 aromatic rings. The van der Waals surface area contributed by atoms with E-state index in [9.17, 15) is 15.0 Å². The lowest BCUT2D eigenvalue weighted by atomic mass is 10.0. The molecule has 0 radical (unpaired) electrons. The highest BCUT2D eigenvalue weighted by atomic mass is 16.5. The number of anilines is 1. The van der Waals surface area contributed by atoms with E-state index in [1.165, 1.54) is 12.5 Å². The predicted octanol–water partition coefficient (Wildman–Crippen LogP) is 2.96. The first-order chi connectivity index (χ1) is 10.6. The van der Waals surface area contributed by atoms with Crippen LogP contribution in [0.25, 0.3) is 0 Å². The first-order valence-electron chi connectivity index (χ1n) is 7.99. The van der Waals surface area contributed by atoms with Gasteiger partial charge >= 0.3 is 5.97 Å². The van der Waals surface area contributed by atoms with Gasteiger partial charge in [-0.3, -0.25) is 0 Å². The molecule has 0 saturated heterocycles. The molecule has 5 heteroatoms. The highest BCUT2D eigenvalue weighted by Crippen LogP contribution is 2.22. The Bertz CT molecular complexity index is 503. The zero-order valence-corrected chi connectivity index (χ0v) is 12.8. The molecule has 122 valence electrons. The molecule has 22 heavy (non-hydrogen) atoms. The van der Waals surface area contributed by atoms with Crippen LogP contribution in [0.5, 0.6) is 0 Å². The molecule has 0 bridgehead atoms. The summed E-state index contributed by atoms with van der Waals surface area (Å²) >= 11 is 0. The van der Waals surface area contributed by atoms with Crippen LogP contribution in [0, 0.1) is 0 Å². The minimum atomic E-state index is -0.992. The molecule has 1 aliphatic rings. The number of hydrogen-bond acceptors (Lipinski definition) is 4. The van der Waals surface area contributed by atoms with Gasteiger partial charge in [-0.25, -0.2) is 4.79 Å². The molecule has 0 amide bonds. The van der Waals surface area contributed by atoms with Crippen molar-refractivity contribution in [1.29, 1.82) is 0 Å². The number of rotatable bonds is 4. The molecular formula is C17H25NO4. The topological polar surface area (TPSA) is 92.8 Å². The van der Waals surface area contributed by atoms with Crippen LogP contribution in [0.1, 0.15) is 60.9 Å². The van der Waals surface area contributed by atoms with Crippen molar-refractivity contribution in [1.82, 2.24) is 0 Å². The molecule has 2 rings (SSSR count). The summed E-state index contributed by atoms with van der Waals surface area (Å²) in [5.41, 5.74) is 7.00. The number of carboxylic acids is 1. The lowest BCUT2D eigenvalue weighted by Gasteiger charge is -2.23. The van der Waals surface area contributed by atoms with E-state index in [-0.39, 0.29) is 18.3 Å². The summed E-state index contributed by atoms with van der Waals surface area (Å²) in [4.78, 5) is 11.2. The number of ether oxygens (including phenoxy) is 1. The molecule has 0 aliphatic heterocycles. The Morgan fingerprint density at radius 3 is 2.59 bits per heavy atom. The van der Waals surface area contributed by atoms with Crippen molar-refractivity contribution in [3.05, 3.63) is 29.3 Å². The van der Waals surface area contributed by atoms with Gasteiger partial charge in [0.1, 0.15) is 0 Å². The summed E-state index contributed by atoms with van der Waals surface area (Å²) in [6.45, 7) is 0.161. The maximum absolute atomic E-state index is 11.2. The number of aromatic carboxylic acids is 1. The van der Waals surface area contributed by atoms with Crippen molar-refractivity contribution < 1.29 is 19.7 Å². The second kappa shape index (κ2) is 8.15. The Hall–Kier alpha value is -1.59. The van der Waals surface area contributed by atoms with Gasteiger partial charge in [0.05, 0.1) is 24.4 Å². The summed E-state index contributed by atoms with van der Waals surface area (Å²) in [7, 11) is 0. The number of aliphatic hydroxyl groups excluding tert-OH is 1. The molecule has 0 aromatic heterocycles. The smallest absolute Gasteiger partial charge is 0.336 e. The van der Waals surface area contributed by atoms with Crippen molar-refractivity contribution in [2.75, 3.05) is 5.73 Å². The van der Waals surface area contributed by atoms with Gasteiger partial charge in [-0.15, -0.1) is 0 Å². The van der Waals surface area contributed by atoms with Gasteiger partial charge in [0.25, 0.3) is 0 Å². The largest absolute Gasteiger partial charge is 0.478 e. The van der Waals surface area contributed by atoms with Gasteiger partial charge in [-0.05, 0) is 36.6 Å². The fourth-order valence-corrected chi connectivity index (χ4v) is 2.94. The molecule has 1 aromatic carbocycles. The van der Waals surface area contributed by atoms with Crippen LogP contribution in [0.2, 0.25) is 0 Å². The normalized spacial score (nSPS) is 23.3. The molecule has 2 unspecified atom stereocenters. The van der Waals surface area contributed by atoms with Crippen molar-refractivity contribution in [2.24, 2.45) is 0 Å². The van der Waals surface area contributed by atoms with Gasteiger partial charge in [0.2, 0.25) is 0 Å². The van der Waals surface area contributed by atoms with Crippen molar-refractivity contribution in [2.45, 2.75) is 63.8 Å². The van der Waals surface area contributed by atoms with Crippen LogP contribution in [0.4, 0.5) is 5.69 Å². The average Bonchev–Trinajstić information content (AvgIpc) is 2.57. The molecule has 0 heterocycles. The molecule has 1 aliphatic carbocycles. The van der Waals surface area contributed by atoms with Crippen LogP contribution in [0.15, 0.2) is 18.2 Å². The highest BCUT2D eigenvalue weighted by molar-refractivity contribution is 5.89. The standard InChI is InChI=1S/C17H25NO4/c18-13-8-9-14(17(20)21)12(10-13)11-22-16-7-5-3-1-2-4-6-15(16)19/h8-10,15-16,19H,1-7,11,18H2,(H,20,21). The third kappa shape index (κ3) is 4.71. The zero-order valence-electron chi connectivity index (χ0n) is 12.8. The molecule has 2 atom stereocenters. The lowest BCUT2D eigenvalue weighted by Crippen LogP contribution is -2.29. The third-order valence-electron chi connectivity index (χ3n) is 4.23. The predicted molar refractivity (Wildman–Crippen MR) is 84.7 cm³/mol. The van der Waals surface area contributed by atoms with E-state index < -0.39 is 12.1 Å². The lowest BCUT2D eigenvalue weighted by molar-refractivity contribution is -0.0531. The van der Waals surface area contributed by atoms with Crippen molar-refractivity contribution in [3.63, 3.8) is 0 Å². The SMILES string of the molecule is Nc1ccc(C(=O)O)c(COC2CCCCCCCC2O)c1. The Morgan fingerprint density at radius 1 is 1.18 bits per heavy atom. The van der Waals surface area contributed by atoms with Gasteiger partial charge in [-0.2, -0.15) is 0 Å². The number of nitrogen functional groups attached to an aromatic ring is 1. The Kier molecular flexibility index (Phi) is 6.21. The fourth-order valence-electron chi connectivity index (χ4n) is 2.94. The number of nitrogens with two attached hydrogens (primary N) is 1. The van der Waals surface area contributed by atoms with E-state index in [2.05, 4.69) is 0 Å². The Labute approximate surface area is 131 Å². The number of hydrogen-bond donors (Lipinski definition) is 3. The molecule has 5 nitrogen and oxygen atoms in total. The van der Waals surface area contributed by atoms with Crippen LogP contribution in [-0.4, -0.2) is 28.4 Å². The number of carboxylic acid groups (broad SMARTS) is 1. The first-order valence-corrected chi connectivity index (χ1v) is 7.99. The first kappa shape index (κ1) is 16.8. The second-order valence-corrected chi connectivity index (χ2v) is 5.98.